The molecule has 0 spiro atoms. The van der Waals surface area contributed by atoms with Gasteiger partial charge in [-0.25, -0.2) is 0 Å². The van der Waals surface area contributed by atoms with Crippen LogP contribution < -0.4 is 10.1 Å². The largest absolute Gasteiger partial charge is 0.494 e. The Labute approximate surface area is 123 Å². The first kappa shape index (κ1) is 16.1. The summed E-state index contributed by atoms with van der Waals surface area (Å²) in [4.78, 5) is 1.90. The number of halogens is 3. The highest BCUT2D eigenvalue weighted by molar-refractivity contribution is 5.29. The Kier molecular flexibility index (Phi) is 5.47. The topological polar surface area (TPSA) is 24.5 Å². The molecule has 0 radical (unpaired) electrons. The third kappa shape index (κ3) is 4.89. The van der Waals surface area contributed by atoms with Gasteiger partial charge >= 0.3 is 6.18 Å². The van der Waals surface area contributed by atoms with E-state index < -0.39 is 18.6 Å². The Balaban J connectivity index is 2.16. The molecule has 1 aromatic carbocycles. The summed E-state index contributed by atoms with van der Waals surface area (Å²) in [5, 5.41) is 3.17. The average molecular weight is 302 g/mol. The van der Waals surface area contributed by atoms with Crippen molar-refractivity contribution in [3.05, 3.63) is 29.8 Å². The molecule has 1 atom stereocenters. The van der Waals surface area contributed by atoms with Crippen molar-refractivity contribution in [1.82, 2.24) is 10.2 Å². The zero-order chi connectivity index (χ0) is 15.3. The molecule has 0 saturated carbocycles. The summed E-state index contributed by atoms with van der Waals surface area (Å²) in [6, 6.07) is 6.34. The van der Waals surface area contributed by atoms with Crippen molar-refractivity contribution in [2.24, 2.45) is 0 Å². The van der Waals surface area contributed by atoms with Gasteiger partial charge in [0.25, 0.3) is 0 Å². The molecule has 1 N–H and O–H groups in total. The number of nitrogens with one attached hydrogen (secondary N) is 1. The van der Waals surface area contributed by atoms with Crippen molar-refractivity contribution in [3.63, 3.8) is 0 Å². The predicted octanol–water partition coefficient (Wildman–Crippen LogP) is 2.98. The first-order valence-corrected chi connectivity index (χ1v) is 7.24. The lowest BCUT2D eigenvalue weighted by Crippen LogP contribution is -2.46. The number of benzene rings is 1. The van der Waals surface area contributed by atoms with E-state index in [2.05, 4.69) is 5.32 Å². The molecule has 0 aliphatic carbocycles. The number of piperazine rings is 1. The van der Waals surface area contributed by atoms with E-state index in [1.807, 2.05) is 11.8 Å². The van der Waals surface area contributed by atoms with Crippen LogP contribution in [0.5, 0.6) is 5.75 Å². The Morgan fingerprint density at radius 2 is 1.81 bits per heavy atom. The van der Waals surface area contributed by atoms with Gasteiger partial charge in [-0.15, -0.1) is 0 Å². The third-order valence-corrected chi connectivity index (χ3v) is 3.59. The lowest BCUT2D eigenvalue weighted by molar-refractivity contribution is -0.148. The van der Waals surface area contributed by atoms with E-state index in [-0.39, 0.29) is 0 Å². The molecule has 0 bridgehead atoms. The number of hydrogen-bond donors (Lipinski definition) is 1. The van der Waals surface area contributed by atoms with Gasteiger partial charge in [0.1, 0.15) is 5.75 Å². The second-order valence-corrected chi connectivity index (χ2v) is 5.12. The zero-order valence-electron chi connectivity index (χ0n) is 12.1. The molecule has 1 aliphatic rings. The highest BCUT2D eigenvalue weighted by atomic mass is 19.4. The number of alkyl halides is 3. The molecule has 1 heterocycles. The molecule has 1 aliphatic heterocycles. The van der Waals surface area contributed by atoms with Gasteiger partial charge < -0.3 is 10.1 Å². The van der Waals surface area contributed by atoms with Crippen LogP contribution in [0.15, 0.2) is 24.3 Å². The summed E-state index contributed by atoms with van der Waals surface area (Å²) < 4.78 is 44.0. The highest BCUT2D eigenvalue weighted by Gasteiger charge is 2.35. The SMILES string of the molecule is CCOc1ccc([C@H](CC(F)(F)F)N2CCNCC2)cc1. The van der Waals surface area contributed by atoms with E-state index in [0.29, 0.717) is 31.0 Å². The van der Waals surface area contributed by atoms with Gasteiger partial charge in [-0.3, -0.25) is 4.90 Å². The van der Waals surface area contributed by atoms with Crippen LogP contribution in [0.4, 0.5) is 13.2 Å². The molecule has 3 nitrogen and oxygen atoms in total. The van der Waals surface area contributed by atoms with Crippen molar-refractivity contribution < 1.29 is 17.9 Å². The normalized spacial score (nSPS) is 18.5. The Morgan fingerprint density at radius 1 is 1.19 bits per heavy atom. The van der Waals surface area contributed by atoms with E-state index >= 15 is 0 Å². The molecule has 1 saturated heterocycles. The smallest absolute Gasteiger partial charge is 0.390 e. The Morgan fingerprint density at radius 3 is 2.33 bits per heavy atom. The maximum absolute atomic E-state index is 12.9. The molecule has 1 fully saturated rings. The van der Waals surface area contributed by atoms with E-state index in [9.17, 15) is 13.2 Å². The number of ether oxygens (including phenoxy) is 1. The van der Waals surface area contributed by atoms with Gasteiger partial charge in [0.05, 0.1) is 13.0 Å². The van der Waals surface area contributed by atoms with Crippen molar-refractivity contribution in [3.8, 4) is 5.75 Å². The quantitative estimate of drug-likeness (QED) is 0.905. The van der Waals surface area contributed by atoms with E-state index in [1.54, 1.807) is 24.3 Å². The van der Waals surface area contributed by atoms with Crippen LogP contribution in [0.3, 0.4) is 0 Å². The van der Waals surface area contributed by atoms with Crippen molar-refractivity contribution in [2.45, 2.75) is 25.6 Å². The van der Waals surface area contributed by atoms with Crippen LogP contribution in [-0.2, 0) is 0 Å². The second kappa shape index (κ2) is 7.13. The summed E-state index contributed by atoms with van der Waals surface area (Å²) in [6.45, 7) is 5.14. The summed E-state index contributed by atoms with van der Waals surface area (Å²) in [5.41, 5.74) is 0.692. The fourth-order valence-electron chi connectivity index (χ4n) is 2.62. The molecule has 0 amide bonds. The summed E-state index contributed by atoms with van der Waals surface area (Å²) in [7, 11) is 0. The summed E-state index contributed by atoms with van der Waals surface area (Å²) >= 11 is 0. The fourth-order valence-corrected chi connectivity index (χ4v) is 2.62. The van der Waals surface area contributed by atoms with Gasteiger partial charge in [0.2, 0.25) is 0 Å². The molecular weight excluding hydrogens is 281 g/mol. The summed E-state index contributed by atoms with van der Waals surface area (Å²) in [5.74, 6) is 0.687. The van der Waals surface area contributed by atoms with Crippen molar-refractivity contribution in [1.29, 1.82) is 0 Å². The Hall–Kier alpha value is -1.27. The van der Waals surface area contributed by atoms with Gasteiger partial charge in [0, 0.05) is 32.2 Å². The molecular formula is C15H21F3N2O. The molecule has 118 valence electrons. The zero-order valence-corrected chi connectivity index (χ0v) is 12.1. The molecule has 6 heteroatoms. The average Bonchev–Trinajstić information content (AvgIpc) is 2.46. The minimum atomic E-state index is -4.17. The lowest BCUT2D eigenvalue weighted by atomic mass is 10.0. The maximum Gasteiger partial charge on any atom is 0.390 e. The first-order valence-electron chi connectivity index (χ1n) is 7.24. The van der Waals surface area contributed by atoms with Crippen LogP contribution >= 0.6 is 0 Å². The van der Waals surface area contributed by atoms with Crippen LogP contribution in [0.25, 0.3) is 0 Å². The van der Waals surface area contributed by atoms with Crippen LogP contribution in [0.2, 0.25) is 0 Å². The maximum atomic E-state index is 12.9. The molecule has 0 aromatic heterocycles. The highest BCUT2D eigenvalue weighted by Crippen LogP contribution is 2.34. The van der Waals surface area contributed by atoms with Crippen LogP contribution in [-0.4, -0.2) is 43.9 Å². The van der Waals surface area contributed by atoms with Crippen molar-refractivity contribution >= 4 is 0 Å². The summed E-state index contributed by atoms with van der Waals surface area (Å²) in [6.07, 6.45) is -4.99. The third-order valence-electron chi connectivity index (χ3n) is 3.59. The minimum Gasteiger partial charge on any atom is -0.494 e. The second-order valence-electron chi connectivity index (χ2n) is 5.12. The fraction of sp³-hybridized carbons (Fsp3) is 0.600. The predicted molar refractivity (Wildman–Crippen MR) is 75.5 cm³/mol. The van der Waals surface area contributed by atoms with Gasteiger partial charge in [0.15, 0.2) is 0 Å². The number of nitrogens with zero attached hydrogens (tertiary/aromatic N) is 1. The van der Waals surface area contributed by atoms with Gasteiger partial charge in [-0.05, 0) is 24.6 Å². The molecule has 1 aromatic rings. The van der Waals surface area contributed by atoms with Crippen molar-refractivity contribution in [2.75, 3.05) is 32.8 Å². The monoisotopic (exact) mass is 302 g/mol. The number of hydrogen-bond acceptors (Lipinski definition) is 3. The van der Waals surface area contributed by atoms with Gasteiger partial charge in [-0.2, -0.15) is 13.2 Å². The van der Waals surface area contributed by atoms with E-state index in [0.717, 1.165) is 13.1 Å². The lowest BCUT2D eigenvalue weighted by Gasteiger charge is -2.35. The van der Waals surface area contributed by atoms with E-state index in [1.165, 1.54) is 0 Å². The molecule has 0 unspecified atom stereocenters. The Bertz CT molecular complexity index is 428. The van der Waals surface area contributed by atoms with Crippen LogP contribution in [0.1, 0.15) is 24.9 Å². The van der Waals surface area contributed by atoms with Crippen LogP contribution in [0, 0.1) is 0 Å². The molecule has 21 heavy (non-hydrogen) atoms. The standard InChI is InChI=1S/C15H21F3N2O/c1-2-21-13-5-3-12(4-6-13)14(11-15(16,17)18)20-9-7-19-8-10-20/h3-6,14,19H,2,7-11H2,1H3/t14-/m0/s1. The number of rotatable bonds is 5. The van der Waals surface area contributed by atoms with Gasteiger partial charge in [-0.1, -0.05) is 12.1 Å². The minimum absolute atomic E-state index is 0.545. The molecule has 2 rings (SSSR count). The first-order chi connectivity index (χ1) is 9.99. The van der Waals surface area contributed by atoms with E-state index in [4.69, 9.17) is 4.74 Å².